The summed E-state index contributed by atoms with van der Waals surface area (Å²) in [6.45, 7) is 0. The highest BCUT2D eigenvalue weighted by Gasteiger charge is 2.00. The Morgan fingerprint density at radius 1 is 1.00 bits per heavy atom. The zero-order valence-corrected chi connectivity index (χ0v) is 2.94. The Hall–Kier alpha value is -1.24. The minimum atomic E-state index is 0. The van der Waals surface area contributed by atoms with Gasteiger partial charge in [0, 0.05) is 0 Å². The van der Waals surface area contributed by atoms with E-state index in [2.05, 4.69) is 0 Å². The van der Waals surface area contributed by atoms with Crippen LogP contribution in [0.25, 0.3) is 0 Å². The first-order chi connectivity index (χ1) is 2.83. The van der Waals surface area contributed by atoms with Gasteiger partial charge in [-0.05, 0) is 0 Å². The molecule has 0 aromatic rings. The van der Waals surface area contributed by atoms with E-state index in [1.165, 1.54) is 0 Å². The smallest absolute Gasteiger partial charge is 0.444 e. The molecule has 0 aliphatic heterocycles. The molecule has 4 radical (unpaired) electrons. The van der Waals surface area contributed by atoms with Gasteiger partial charge >= 0.3 is 5.48 Å². The fraction of sp³-hybridized carbons (Fsp3) is 0. The standard InChI is InChI=1S/2HNO2.O/c2*2-1-3;/h2*(H,2,3);/q;;+2/p-2. The van der Waals surface area contributed by atoms with Crippen LogP contribution in [0.1, 0.15) is 0 Å². The lowest BCUT2D eigenvalue weighted by atomic mass is 13.4. The van der Waals surface area contributed by atoms with Gasteiger partial charge in [-0.2, -0.15) is 0 Å². The molecule has 0 rings (SSSR count). The fourth-order valence-electron chi connectivity index (χ4n) is 0. The second-order valence-corrected chi connectivity index (χ2v) is 0.149. The van der Waals surface area contributed by atoms with Crippen molar-refractivity contribution in [2.24, 2.45) is 10.7 Å². The minimum absolute atomic E-state index is 0. The first-order valence-electron chi connectivity index (χ1n) is 0.730. The summed E-state index contributed by atoms with van der Waals surface area (Å²) in [6.07, 6.45) is 0. The second-order valence-electron chi connectivity index (χ2n) is 0.149. The maximum atomic E-state index is 8.00. The molecule has 0 heterocycles. The molecule has 0 fully saturated rings. The van der Waals surface area contributed by atoms with E-state index in [0.29, 0.717) is 0 Å². The van der Waals surface area contributed by atoms with Crippen LogP contribution in [0.3, 0.4) is 0 Å². The summed E-state index contributed by atoms with van der Waals surface area (Å²) in [5, 5.41) is 18.0. The van der Waals surface area contributed by atoms with E-state index < -0.39 is 0 Å². The van der Waals surface area contributed by atoms with Gasteiger partial charge in [-0.25, -0.2) is 0 Å². The van der Waals surface area contributed by atoms with Crippen LogP contribution < -0.4 is 0 Å². The van der Waals surface area contributed by atoms with Crippen LogP contribution >= 0.6 is 0 Å². The van der Waals surface area contributed by atoms with Crippen LogP contribution in [0, 0.1) is 20.2 Å². The van der Waals surface area contributed by atoms with Crippen LogP contribution in [-0.4, -0.2) is 0 Å². The molecule has 7 heteroatoms. The van der Waals surface area contributed by atoms with E-state index in [4.69, 9.17) is 20.2 Å². The van der Waals surface area contributed by atoms with E-state index >= 15 is 0 Å². The van der Waals surface area contributed by atoms with Gasteiger partial charge in [0.05, 0.1) is 0 Å². The molecule has 0 aromatic heterocycles. The Kier molecular flexibility index (Phi) is 285. The SMILES string of the molecule is O=N[O-].O=N[O-].[O+2]. The maximum absolute atomic E-state index is 8.00. The largest absolute Gasteiger partial charge is 2.00 e. The molecule has 0 saturated carbocycles. The van der Waals surface area contributed by atoms with Crippen LogP contribution in [-0.2, 0) is 5.48 Å². The van der Waals surface area contributed by atoms with Gasteiger partial charge in [0.1, 0.15) is 0 Å². The summed E-state index contributed by atoms with van der Waals surface area (Å²) in [7, 11) is 0. The zero-order chi connectivity index (χ0) is 5.41. The molecule has 7 nitrogen and oxygen atoms in total. The molecule has 0 spiro atoms. The second kappa shape index (κ2) is 117. The van der Waals surface area contributed by atoms with Crippen LogP contribution in [0.2, 0.25) is 0 Å². The molecule has 40 valence electrons. The average molecular weight is 108 g/mol. The molecule has 0 aliphatic carbocycles. The van der Waals surface area contributed by atoms with Crippen molar-refractivity contribution in [1.29, 1.82) is 0 Å². The summed E-state index contributed by atoms with van der Waals surface area (Å²) in [6, 6.07) is 0. The number of hydrogen-bond donors (Lipinski definition) is 0. The van der Waals surface area contributed by atoms with E-state index in [-0.39, 0.29) is 5.48 Å². The lowest BCUT2D eigenvalue weighted by Crippen LogP contribution is -1.12. The molecule has 0 aliphatic rings. The quantitative estimate of drug-likeness (QED) is 0.327. The number of rotatable bonds is 0. The van der Waals surface area contributed by atoms with E-state index in [1.54, 1.807) is 0 Å². The highest BCUT2D eigenvalue weighted by molar-refractivity contribution is 4.21. The average Bonchev–Trinajstić information content (AvgIpc) is 1.39. The van der Waals surface area contributed by atoms with Gasteiger partial charge in [-0.15, -0.1) is 10.7 Å². The Morgan fingerprint density at radius 2 is 1.00 bits per heavy atom. The summed E-state index contributed by atoms with van der Waals surface area (Å²) in [5.41, 5.74) is 0. The van der Waals surface area contributed by atoms with Crippen molar-refractivity contribution in [2.75, 3.05) is 0 Å². The fourth-order valence-corrected chi connectivity index (χ4v) is 0. The minimum Gasteiger partial charge on any atom is -0.444 e. The summed E-state index contributed by atoms with van der Waals surface area (Å²) in [4.78, 5) is 16.0. The van der Waals surface area contributed by atoms with Gasteiger partial charge in [0.15, 0.2) is 0 Å². The lowest BCUT2D eigenvalue weighted by molar-refractivity contribution is 0.686. The maximum Gasteiger partial charge on any atom is 2.00 e. The van der Waals surface area contributed by atoms with Crippen molar-refractivity contribution in [3.05, 3.63) is 20.2 Å². The molecule has 0 N–H and O–H groups in total. The molecule has 0 saturated heterocycles. The zero-order valence-electron chi connectivity index (χ0n) is 2.94. The van der Waals surface area contributed by atoms with Crippen molar-refractivity contribution in [3.8, 4) is 0 Å². The Balaban J connectivity index is -0.0000000400. The molecule has 0 aromatic carbocycles. The lowest BCUT2D eigenvalue weighted by Gasteiger charge is -1.51. The molecular weight excluding hydrogens is 108 g/mol. The molecule has 0 bridgehead atoms. The van der Waals surface area contributed by atoms with Crippen molar-refractivity contribution in [3.63, 3.8) is 0 Å². The molecular formula is N2O5. The molecule has 0 amide bonds. The predicted molar refractivity (Wildman–Crippen MR) is 19.0 cm³/mol. The summed E-state index contributed by atoms with van der Waals surface area (Å²) < 4.78 is 0. The van der Waals surface area contributed by atoms with Gasteiger partial charge < -0.3 is 20.2 Å². The van der Waals surface area contributed by atoms with Crippen LogP contribution in [0.4, 0.5) is 0 Å². The molecule has 0 atom stereocenters. The Labute approximate surface area is 37.7 Å². The van der Waals surface area contributed by atoms with Gasteiger partial charge in [-0.3, -0.25) is 0 Å². The Bertz CT molecular complexity index is 27.1. The highest BCUT2D eigenvalue weighted by atomic mass is 16.6. The van der Waals surface area contributed by atoms with Crippen molar-refractivity contribution in [2.45, 2.75) is 0 Å². The third-order valence-electron chi connectivity index (χ3n) is 0. The first-order valence-corrected chi connectivity index (χ1v) is 0.730. The third-order valence-corrected chi connectivity index (χ3v) is 0. The predicted octanol–water partition coefficient (Wildman–Crippen LogP) is 0.382. The third kappa shape index (κ3) is 23.6. The van der Waals surface area contributed by atoms with Gasteiger partial charge in [0.25, 0.3) is 0 Å². The number of nitrogens with zero attached hydrogens (tertiary/aromatic N) is 2. The van der Waals surface area contributed by atoms with Gasteiger partial charge in [-0.1, -0.05) is 0 Å². The molecule has 7 heavy (non-hydrogen) atoms. The van der Waals surface area contributed by atoms with Crippen LogP contribution in [0.15, 0.2) is 10.7 Å². The number of hydrogen-bond acceptors (Lipinski definition) is 6. The van der Waals surface area contributed by atoms with Gasteiger partial charge in [0.2, 0.25) is 0 Å². The molecule has 0 unspecified atom stereocenters. The Morgan fingerprint density at radius 3 is 1.00 bits per heavy atom. The van der Waals surface area contributed by atoms with E-state index in [0.717, 1.165) is 10.7 Å². The topological polar surface area (TPSA) is 133 Å². The van der Waals surface area contributed by atoms with Crippen molar-refractivity contribution < 1.29 is 5.48 Å². The highest BCUT2D eigenvalue weighted by Crippen LogP contribution is 1.34. The van der Waals surface area contributed by atoms with Crippen molar-refractivity contribution >= 4 is 0 Å². The normalized spacial score (nSPS) is 3.43. The van der Waals surface area contributed by atoms with Crippen molar-refractivity contribution in [1.82, 2.24) is 0 Å². The summed E-state index contributed by atoms with van der Waals surface area (Å²) in [5.74, 6) is 0. The monoisotopic (exact) mass is 108 g/mol. The summed E-state index contributed by atoms with van der Waals surface area (Å²) >= 11 is 0. The van der Waals surface area contributed by atoms with E-state index in [9.17, 15) is 0 Å². The first kappa shape index (κ1) is 17.1. The van der Waals surface area contributed by atoms with E-state index in [1.807, 2.05) is 0 Å². The van der Waals surface area contributed by atoms with Crippen LogP contribution in [0.5, 0.6) is 0 Å².